The van der Waals surface area contributed by atoms with Gasteiger partial charge < -0.3 is 18.8 Å². The van der Waals surface area contributed by atoms with Crippen molar-refractivity contribution in [3.8, 4) is 0 Å². The molecule has 0 bridgehead atoms. The van der Waals surface area contributed by atoms with E-state index in [-0.39, 0.29) is 11.9 Å². The molecule has 0 saturated heterocycles. The first kappa shape index (κ1) is 17.8. The number of benzene rings is 1. The number of para-hydroxylation sites is 1. The molecule has 0 N–H and O–H groups in total. The van der Waals surface area contributed by atoms with Crippen molar-refractivity contribution in [1.29, 1.82) is 0 Å². The van der Waals surface area contributed by atoms with Gasteiger partial charge in [-0.25, -0.2) is 4.98 Å². The highest BCUT2D eigenvalue weighted by molar-refractivity contribution is 5.96. The number of furan rings is 1. The minimum atomic E-state index is -0.0495. The number of fused-ring (bicyclic) bond motifs is 2. The van der Waals surface area contributed by atoms with Crippen LogP contribution in [-0.4, -0.2) is 51.4 Å². The molecule has 1 atom stereocenters. The summed E-state index contributed by atoms with van der Waals surface area (Å²) < 4.78 is 8.03. The Morgan fingerprint density at radius 2 is 2.11 bits per heavy atom. The monoisotopic (exact) mass is 366 g/mol. The highest BCUT2D eigenvalue weighted by Gasteiger charge is 2.30. The molecule has 1 aliphatic heterocycles. The van der Waals surface area contributed by atoms with E-state index in [1.807, 2.05) is 47.8 Å². The van der Waals surface area contributed by atoms with Crippen molar-refractivity contribution in [1.82, 2.24) is 19.4 Å². The Morgan fingerprint density at radius 3 is 2.89 bits per heavy atom. The molecule has 1 unspecified atom stereocenters. The number of aromatic nitrogens is 2. The number of carbonyl (C=O) groups is 1. The fourth-order valence-corrected chi connectivity index (χ4v) is 3.89. The summed E-state index contributed by atoms with van der Waals surface area (Å²) in [5, 5.41) is 0.959. The lowest BCUT2D eigenvalue weighted by atomic mass is 10.1. The molecule has 3 heterocycles. The molecule has 142 valence electrons. The lowest BCUT2D eigenvalue weighted by molar-refractivity contribution is 0.0638. The number of nitrogens with zero attached hydrogens (tertiary/aromatic N) is 4. The van der Waals surface area contributed by atoms with Crippen LogP contribution < -0.4 is 0 Å². The van der Waals surface area contributed by atoms with Crippen molar-refractivity contribution in [2.75, 3.05) is 26.2 Å². The third-order valence-corrected chi connectivity index (χ3v) is 5.52. The highest BCUT2D eigenvalue weighted by atomic mass is 16.3. The predicted octanol–water partition coefficient (Wildman–Crippen LogP) is 3.56. The zero-order chi connectivity index (χ0) is 18.8. The van der Waals surface area contributed by atoms with Gasteiger partial charge in [-0.3, -0.25) is 4.79 Å². The number of amides is 1. The molecule has 6 nitrogen and oxygen atoms in total. The first-order valence-electron chi connectivity index (χ1n) is 9.70. The zero-order valence-corrected chi connectivity index (χ0v) is 16.0. The van der Waals surface area contributed by atoms with Gasteiger partial charge in [-0.1, -0.05) is 32.0 Å². The van der Waals surface area contributed by atoms with Gasteiger partial charge in [0.05, 0.1) is 24.6 Å². The number of hydrogen-bond acceptors (Lipinski definition) is 4. The second-order valence-electron chi connectivity index (χ2n) is 7.10. The summed E-state index contributed by atoms with van der Waals surface area (Å²) in [6, 6.07) is 9.81. The van der Waals surface area contributed by atoms with Gasteiger partial charge in [0.2, 0.25) is 0 Å². The standard InChI is InChI=1S/C21H26N4O2/c1-3-23(4-2)10-9-17-13-24(14-18-12-22-15-25(17)18)21(26)20-11-16-7-5-6-8-19(16)27-20/h5-8,11-12,15,17H,3-4,9-10,13-14H2,1-2H3. The van der Waals surface area contributed by atoms with Crippen LogP contribution in [0.15, 0.2) is 47.3 Å². The van der Waals surface area contributed by atoms with Crippen molar-refractivity contribution in [2.45, 2.75) is 32.9 Å². The van der Waals surface area contributed by atoms with Gasteiger partial charge in [0, 0.05) is 24.7 Å². The second-order valence-corrected chi connectivity index (χ2v) is 7.10. The van der Waals surface area contributed by atoms with E-state index in [0.717, 1.165) is 42.7 Å². The first-order valence-corrected chi connectivity index (χ1v) is 9.70. The average molecular weight is 366 g/mol. The smallest absolute Gasteiger partial charge is 0.290 e. The molecule has 4 rings (SSSR count). The van der Waals surface area contributed by atoms with E-state index in [1.54, 1.807) is 0 Å². The molecular weight excluding hydrogens is 340 g/mol. The lowest BCUT2D eigenvalue weighted by Gasteiger charge is -2.35. The lowest BCUT2D eigenvalue weighted by Crippen LogP contribution is -2.41. The summed E-state index contributed by atoms with van der Waals surface area (Å²) >= 11 is 0. The topological polar surface area (TPSA) is 54.5 Å². The average Bonchev–Trinajstić information content (AvgIpc) is 3.34. The molecule has 6 heteroatoms. The predicted molar refractivity (Wildman–Crippen MR) is 105 cm³/mol. The fraction of sp³-hybridized carbons (Fsp3) is 0.429. The van der Waals surface area contributed by atoms with Crippen molar-refractivity contribution in [3.05, 3.63) is 54.3 Å². The van der Waals surface area contributed by atoms with E-state index in [4.69, 9.17) is 4.42 Å². The maximum Gasteiger partial charge on any atom is 0.290 e. The largest absolute Gasteiger partial charge is 0.451 e. The molecular formula is C21H26N4O2. The number of carbonyl (C=O) groups excluding carboxylic acids is 1. The normalized spacial score (nSPS) is 16.9. The molecule has 1 amide bonds. The minimum Gasteiger partial charge on any atom is -0.451 e. The van der Waals surface area contributed by atoms with E-state index < -0.39 is 0 Å². The van der Waals surface area contributed by atoms with E-state index >= 15 is 0 Å². The number of rotatable bonds is 6. The third kappa shape index (κ3) is 3.49. The van der Waals surface area contributed by atoms with Crippen molar-refractivity contribution < 1.29 is 9.21 Å². The third-order valence-electron chi connectivity index (χ3n) is 5.52. The summed E-state index contributed by atoms with van der Waals surface area (Å²) in [6.45, 7) is 8.72. The van der Waals surface area contributed by atoms with E-state index in [9.17, 15) is 4.79 Å². The molecule has 0 saturated carbocycles. The molecule has 0 aliphatic carbocycles. The van der Waals surface area contributed by atoms with Gasteiger partial charge in [0.25, 0.3) is 5.91 Å². The first-order chi connectivity index (χ1) is 13.2. The fourth-order valence-electron chi connectivity index (χ4n) is 3.89. The van der Waals surface area contributed by atoms with Crippen LogP contribution >= 0.6 is 0 Å². The Bertz CT molecular complexity index is 892. The van der Waals surface area contributed by atoms with Gasteiger partial charge in [-0.2, -0.15) is 0 Å². The minimum absolute atomic E-state index is 0.0495. The quantitative estimate of drug-likeness (QED) is 0.669. The molecule has 2 aromatic heterocycles. The Morgan fingerprint density at radius 1 is 1.30 bits per heavy atom. The van der Waals surface area contributed by atoms with Crippen LogP contribution in [0.1, 0.15) is 42.6 Å². The molecule has 27 heavy (non-hydrogen) atoms. The maximum atomic E-state index is 13.1. The van der Waals surface area contributed by atoms with E-state index in [0.29, 0.717) is 18.8 Å². The number of hydrogen-bond donors (Lipinski definition) is 0. The van der Waals surface area contributed by atoms with Crippen LogP contribution in [-0.2, 0) is 6.54 Å². The van der Waals surface area contributed by atoms with Crippen LogP contribution in [0.2, 0.25) is 0 Å². The summed E-state index contributed by atoms with van der Waals surface area (Å²) in [7, 11) is 0. The van der Waals surface area contributed by atoms with E-state index in [2.05, 4.69) is 28.3 Å². The van der Waals surface area contributed by atoms with E-state index in [1.165, 1.54) is 0 Å². The van der Waals surface area contributed by atoms with Crippen LogP contribution in [0.5, 0.6) is 0 Å². The Kier molecular flexibility index (Phi) is 4.99. The summed E-state index contributed by atoms with van der Waals surface area (Å²) in [6.07, 6.45) is 4.75. The Balaban J connectivity index is 1.54. The summed E-state index contributed by atoms with van der Waals surface area (Å²) in [4.78, 5) is 21.7. The van der Waals surface area contributed by atoms with Gasteiger partial charge in [-0.05, 0) is 31.6 Å². The molecule has 1 aliphatic rings. The van der Waals surface area contributed by atoms with Crippen molar-refractivity contribution >= 4 is 16.9 Å². The van der Waals surface area contributed by atoms with Gasteiger partial charge in [0.15, 0.2) is 5.76 Å². The molecule has 0 radical (unpaired) electrons. The maximum absolute atomic E-state index is 13.1. The summed E-state index contributed by atoms with van der Waals surface area (Å²) in [5.74, 6) is 0.359. The Hall–Kier alpha value is -2.60. The van der Waals surface area contributed by atoms with Crippen molar-refractivity contribution in [3.63, 3.8) is 0 Å². The van der Waals surface area contributed by atoms with Crippen LogP contribution in [0.4, 0.5) is 0 Å². The van der Waals surface area contributed by atoms with Gasteiger partial charge in [0.1, 0.15) is 5.58 Å². The van der Waals surface area contributed by atoms with Gasteiger partial charge in [-0.15, -0.1) is 0 Å². The molecule has 0 spiro atoms. The molecule has 0 fully saturated rings. The van der Waals surface area contributed by atoms with Crippen LogP contribution in [0, 0.1) is 0 Å². The molecule has 3 aromatic rings. The molecule has 1 aromatic carbocycles. The zero-order valence-electron chi connectivity index (χ0n) is 16.0. The Labute approximate surface area is 159 Å². The van der Waals surface area contributed by atoms with Crippen molar-refractivity contribution in [2.24, 2.45) is 0 Å². The van der Waals surface area contributed by atoms with Crippen LogP contribution in [0.3, 0.4) is 0 Å². The highest BCUT2D eigenvalue weighted by Crippen LogP contribution is 2.27. The van der Waals surface area contributed by atoms with Crippen LogP contribution in [0.25, 0.3) is 11.0 Å². The summed E-state index contributed by atoms with van der Waals surface area (Å²) in [5.41, 5.74) is 1.83. The SMILES string of the molecule is CCN(CC)CCC1CN(C(=O)c2cc3ccccc3o2)Cc2cncn21. The second kappa shape index (κ2) is 7.56. The number of imidazole rings is 1. The van der Waals surface area contributed by atoms with Gasteiger partial charge >= 0.3 is 0 Å².